The van der Waals surface area contributed by atoms with Crippen molar-refractivity contribution in [2.75, 3.05) is 4.90 Å². The van der Waals surface area contributed by atoms with E-state index in [1.807, 2.05) is 18.2 Å². The van der Waals surface area contributed by atoms with Gasteiger partial charge in [0.15, 0.2) is 0 Å². The SMILES string of the molecule is N#Cc1cc(C#N)c(-c2cc3c4c(c2)-n2c5ccccc5c5cccc(c52)B4c2ccccc2N3c2ccccc2)c(C#N)c1. The molecule has 6 heteroatoms. The largest absolute Gasteiger partial charge is 0.311 e. The molecule has 45 heavy (non-hydrogen) atoms. The minimum atomic E-state index is -0.0208. The number of fused-ring (bicyclic) bond motifs is 7. The van der Waals surface area contributed by atoms with Gasteiger partial charge in [-0.3, -0.25) is 0 Å². The predicted molar refractivity (Wildman–Crippen MR) is 180 cm³/mol. The zero-order valence-corrected chi connectivity index (χ0v) is 23.9. The number of anilines is 3. The van der Waals surface area contributed by atoms with Crippen LogP contribution in [-0.4, -0.2) is 11.3 Å². The average molecular weight is 569 g/mol. The summed E-state index contributed by atoms with van der Waals surface area (Å²) in [7, 11) is 0. The molecule has 6 aromatic carbocycles. The predicted octanol–water partition coefficient (Wildman–Crippen LogP) is 6.68. The number of benzene rings is 6. The van der Waals surface area contributed by atoms with Crippen LogP contribution in [0.25, 0.3) is 38.6 Å². The van der Waals surface area contributed by atoms with Gasteiger partial charge >= 0.3 is 0 Å². The highest BCUT2D eigenvalue weighted by atomic mass is 15.2. The second-order valence-corrected chi connectivity index (χ2v) is 11.5. The van der Waals surface area contributed by atoms with Crippen LogP contribution in [0.1, 0.15) is 16.7 Å². The first kappa shape index (κ1) is 25.0. The monoisotopic (exact) mass is 569 g/mol. The summed E-state index contributed by atoms with van der Waals surface area (Å²) < 4.78 is 2.36. The molecule has 0 saturated heterocycles. The minimum absolute atomic E-state index is 0.0208. The first-order valence-electron chi connectivity index (χ1n) is 14.7. The number of para-hydroxylation sites is 4. The van der Waals surface area contributed by atoms with Crippen LogP contribution < -0.4 is 21.3 Å². The first-order valence-corrected chi connectivity index (χ1v) is 14.7. The van der Waals surface area contributed by atoms with Gasteiger partial charge in [-0.05, 0) is 70.5 Å². The summed E-state index contributed by atoms with van der Waals surface area (Å²) in [5.74, 6) is 0. The van der Waals surface area contributed by atoms with Crippen molar-refractivity contribution in [3.05, 3.63) is 138 Å². The fourth-order valence-electron chi connectivity index (χ4n) is 7.55. The number of nitriles is 3. The summed E-state index contributed by atoms with van der Waals surface area (Å²) in [5.41, 5.74) is 12.2. The number of rotatable bonds is 2. The molecule has 0 saturated carbocycles. The van der Waals surface area contributed by atoms with E-state index in [9.17, 15) is 15.8 Å². The quantitative estimate of drug-likeness (QED) is 0.218. The van der Waals surface area contributed by atoms with Gasteiger partial charge < -0.3 is 9.47 Å². The van der Waals surface area contributed by atoms with Crippen LogP contribution in [0.4, 0.5) is 17.1 Å². The summed E-state index contributed by atoms with van der Waals surface area (Å²) in [6.45, 7) is -0.0208. The summed E-state index contributed by atoms with van der Waals surface area (Å²) in [6, 6.07) is 48.1. The van der Waals surface area contributed by atoms with Gasteiger partial charge in [0.1, 0.15) is 0 Å². The number of hydrogen-bond acceptors (Lipinski definition) is 4. The Balaban J connectivity index is 1.50. The van der Waals surface area contributed by atoms with Gasteiger partial charge in [0, 0.05) is 44.6 Å². The average Bonchev–Trinajstić information content (AvgIpc) is 3.44. The standard InChI is InChI=1S/C39H20BN5/c41-21-24-17-26(22-42)37(27(18-24)23-43)25-19-35-38-36(20-25)45-33-15-6-4-11-29(33)30-12-8-14-32(39(30)45)40(38)31-13-5-7-16-34(31)44(35)28-9-2-1-3-10-28/h1-20H. The Bertz CT molecular complexity index is 2510. The molecule has 0 N–H and O–H groups in total. The molecule has 204 valence electrons. The van der Waals surface area contributed by atoms with E-state index < -0.39 is 0 Å². The topological polar surface area (TPSA) is 79.5 Å². The molecule has 7 aromatic rings. The Kier molecular flexibility index (Phi) is 5.12. The van der Waals surface area contributed by atoms with E-state index in [1.54, 1.807) is 12.1 Å². The van der Waals surface area contributed by atoms with E-state index in [0.717, 1.165) is 33.8 Å². The van der Waals surface area contributed by atoms with Crippen molar-refractivity contribution in [1.29, 1.82) is 15.8 Å². The number of nitrogens with zero attached hydrogens (tertiary/aromatic N) is 5. The molecular formula is C39H20BN5. The third-order valence-electron chi connectivity index (χ3n) is 9.24. The van der Waals surface area contributed by atoms with Crippen molar-refractivity contribution in [3.8, 4) is 35.0 Å². The fraction of sp³-hybridized carbons (Fsp3) is 0. The maximum absolute atomic E-state index is 10.3. The van der Waals surface area contributed by atoms with E-state index in [4.69, 9.17) is 0 Å². The van der Waals surface area contributed by atoms with E-state index in [1.165, 1.54) is 32.7 Å². The number of aromatic nitrogens is 1. The summed E-state index contributed by atoms with van der Waals surface area (Å²) in [4.78, 5) is 2.30. The maximum atomic E-state index is 10.3. The highest BCUT2D eigenvalue weighted by molar-refractivity contribution is 7.00. The molecule has 0 fully saturated rings. The third-order valence-corrected chi connectivity index (χ3v) is 9.24. The normalized spacial score (nSPS) is 12.3. The molecule has 0 radical (unpaired) electrons. The molecule has 0 aliphatic carbocycles. The number of hydrogen-bond donors (Lipinski definition) is 0. The van der Waals surface area contributed by atoms with Gasteiger partial charge in [-0.25, -0.2) is 0 Å². The van der Waals surface area contributed by atoms with Gasteiger partial charge in [-0.1, -0.05) is 72.8 Å². The van der Waals surface area contributed by atoms with E-state index in [2.05, 4.69) is 119 Å². The van der Waals surface area contributed by atoms with E-state index in [0.29, 0.717) is 16.7 Å². The molecule has 1 aromatic heterocycles. The molecular weight excluding hydrogens is 549 g/mol. The van der Waals surface area contributed by atoms with Gasteiger partial charge in [0.2, 0.25) is 0 Å². The lowest BCUT2D eigenvalue weighted by molar-refractivity contribution is 1.18. The van der Waals surface area contributed by atoms with E-state index in [-0.39, 0.29) is 12.3 Å². The highest BCUT2D eigenvalue weighted by Gasteiger charge is 2.42. The molecule has 2 aliphatic heterocycles. The summed E-state index contributed by atoms with van der Waals surface area (Å²) >= 11 is 0. The molecule has 3 heterocycles. The lowest BCUT2D eigenvalue weighted by Gasteiger charge is -2.40. The van der Waals surface area contributed by atoms with Crippen LogP contribution in [0.2, 0.25) is 0 Å². The van der Waals surface area contributed by atoms with Crippen molar-refractivity contribution in [2.24, 2.45) is 0 Å². The first-order chi connectivity index (χ1) is 22.2. The van der Waals surface area contributed by atoms with Gasteiger partial charge in [-0.15, -0.1) is 0 Å². The molecule has 0 amide bonds. The lowest BCUT2D eigenvalue weighted by Crippen LogP contribution is -2.60. The Labute approximate surface area is 259 Å². The summed E-state index contributed by atoms with van der Waals surface area (Å²) in [6.07, 6.45) is 0. The van der Waals surface area contributed by atoms with Crippen LogP contribution in [-0.2, 0) is 0 Å². The van der Waals surface area contributed by atoms with Gasteiger partial charge in [-0.2, -0.15) is 15.8 Å². The molecule has 0 spiro atoms. The summed E-state index contributed by atoms with van der Waals surface area (Å²) in [5, 5.41) is 32.6. The zero-order chi connectivity index (χ0) is 30.2. The second kappa shape index (κ2) is 9.23. The maximum Gasteiger partial charge on any atom is 0.252 e. The molecule has 0 atom stereocenters. The van der Waals surface area contributed by atoms with Crippen LogP contribution >= 0.6 is 0 Å². The Morgan fingerprint density at radius 2 is 1.22 bits per heavy atom. The molecule has 0 unspecified atom stereocenters. The van der Waals surface area contributed by atoms with Crippen molar-refractivity contribution in [2.45, 2.75) is 0 Å². The third kappa shape index (κ3) is 3.30. The van der Waals surface area contributed by atoms with Gasteiger partial charge in [0.05, 0.1) is 40.4 Å². The van der Waals surface area contributed by atoms with Gasteiger partial charge in [0.25, 0.3) is 6.71 Å². The Morgan fingerprint density at radius 3 is 2.00 bits per heavy atom. The smallest absolute Gasteiger partial charge is 0.252 e. The van der Waals surface area contributed by atoms with Crippen LogP contribution in [0, 0.1) is 34.0 Å². The lowest BCUT2D eigenvalue weighted by atomic mass is 9.33. The Morgan fingerprint density at radius 1 is 0.556 bits per heavy atom. The van der Waals surface area contributed by atoms with Crippen molar-refractivity contribution in [3.63, 3.8) is 0 Å². The Hall–Kier alpha value is -6.55. The van der Waals surface area contributed by atoms with Crippen molar-refractivity contribution < 1.29 is 0 Å². The molecule has 2 aliphatic rings. The molecule has 0 bridgehead atoms. The molecule has 9 rings (SSSR count). The highest BCUT2D eigenvalue weighted by Crippen LogP contribution is 2.44. The fourth-order valence-corrected chi connectivity index (χ4v) is 7.55. The van der Waals surface area contributed by atoms with Crippen LogP contribution in [0.5, 0.6) is 0 Å². The zero-order valence-electron chi connectivity index (χ0n) is 23.9. The van der Waals surface area contributed by atoms with Crippen molar-refractivity contribution in [1.82, 2.24) is 4.57 Å². The van der Waals surface area contributed by atoms with Crippen molar-refractivity contribution >= 4 is 62.0 Å². The molecule has 5 nitrogen and oxygen atoms in total. The minimum Gasteiger partial charge on any atom is -0.311 e. The van der Waals surface area contributed by atoms with E-state index >= 15 is 0 Å². The van der Waals surface area contributed by atoms with Crippen LogP contribution in [0.15, 0.2) is 121 Å². The second-order valence-electron chi connectivity index (χ2n) is 11.5. The van der Waals surface area contributed by atoms with Crippen LogP contribution in [0.3, 0.4) is 0 Å².